The number of amides is 1. The van der Waals surface area contributed by atoms with Gasteiger partial charge in [-0.2, -0.15) is 0 Å². The zero-order chi connectivity index (χ0) is 11.4. The lowest BCUT2D eigenvalue weighted by atomic mass is 10.2. The summed E-state index contributed by atoms with van der Waals surface area (Å²) in [5.74, 6) is 0.104. The minimum atomic E-state index is 0.104. The van der Waals surface area contributed by atoms with Crippen LogP contribution < -0.4 is 0 Å². The predicted octanol–water partition coefficient (Wildman–Crippen LogP) is 1.85. The van der Waals surface area contributed by atoms with E-state index >= 15 is 0 Å². The molecule has 1 aliphatic carbocycles. The summed E-state index contributed by atoms with van der Waals surface area (Å²) < 4.78 is 0. The summed E-state index contributed by atoms with van der Waals surface area (Å²) in [4.78, 5) is 15.7. The van der Waals surface area contributed by atoms with Crippen molar-refractivity contribution in [2.24, 2.45) is 0 Å². The van der Waals surface area contributed by atoms with Crippen molar-refractivity contribution >= 4 is 5.91 Å². The van der Waals surface area contributed by atoms with Crippen LogP contribution in [0.4, 0.5) is 0 Å². The van der Waals surface area contributed by atoms with E-state index in [2.05, 4.69) is 4.90 Å². The molecule has 0 aromatic heterocycles. The number of allylic oxidation sites excluding steroid dienone is 1. The lowest BCUT2D eigenvalue weighted by Crippen LogP contribution is -2.37. The Morgan fingerprint density at radius 1 is 1.20 bits per heavy atom. The topological polar surface area (TPSA) is 23.6 Å². The largest absolute Gasteiger partial charge is 0.367 e. The molecular weight excluding hydrogens is 188 g/mol. The summed E-state index contributed by atoms with van der Waals surface area (Å²) in [7, 11) is 5.63. The van der Waals surface area contributed by atoms with Crippen LogP contribution >= 0.6 is 0 Å². The first-order valence-electron chi connectivity index (χ1n) is 5.68. The molecule has 15 heavy (non-hydrogen) atoms. The maximum absolute atomic E-state index is 11.9. The third-order valence-corrected chi connectivity index (χ3v) is 3.15. The smallest absolute Gasteiger partial charge is 0.269 e. The van der Waals surface area contributed by atoms with Crippen LogP contribution in [0.1, 0.15) is 32.6 Å². The Morgan fingerprint density at radius 3 is 2.13 bits per heavy atom. The molecule has 0 unspecified atom stereocenters. The summed E-state index contributed by atoms with van der Waals surface area (Å²) in [5, 5.41) is 0. The second-order valence-corrected chi connectivity index (χ2v) is 4.42. The van der Waals surface area contributed by atoms with Crippen molar-refractivity contribution in [1.29, 1.82) is 0 Å². The highest BCUT2D eigenvalue weighted by Gasteiger charge is 2.24. The fourth-order valence-electron chi connectivity index (χ4n) is 2.20. The summed E-state index contributed by atoms with van der Waals surface area (Å²) in [6.07, 6.45) is 6.94. The van der Waals surface area contributed by atoms with Gasteiger partial charge in [-0.15, -0.1) is 0 Å². The molecule has 0 spiro atoms. The van der Waals surface area contributed by atoms with Crippen LogP contribution in [0.5, 0.6) is 0 Å². The number of carbonyl (C=O) groups is 1. The van der Waals surface area contributed by atoms with E-state index in [0.717, 1.165) is 5.70 Å². The Morgan fingerprint density at radius 2 is 1.73 bits per heavy atom. The standard InChI is InChI=1S/C12H22N2O/c1-5-11(12(15)13(2)3)14(4)10-8-6-7-9-10/h5,10H,6-9H2,1-4H3. The molecule has 86 valence electrons. The van der Waals surface area contributed by atoms with E-state index in [0.29, 0.717) is 6.04 Å². The summed E-state index contributed by atoms with van der Waals surface area (Å²) in [6.45, 7) is 1.93. The third-order valence-electron chi connectivity index (χ3n) is 3.15. The molecule has 0 aliphatic heterocycles. The van der Waals surface area contributed by atoms with E-state index in [1.54, 1.807) is 19.0 Å². The monoisotopic (exact) mass is 210 g/mol. The maximum atomic E-state index is 11.9. The first kappa shape index (κ1) is 12.1. The number of hydrogen-bond donors (Lipinski definition) is 0. The van der Waals surface area contributed by atoms with E-state index in [1.807, 2.05) is 20.0 Å². The molecule has 1 amide bonds. The summed E-state index contributed by atoms with van der Waals surface area (Å²) in [5.41, 5.74) is 0.826. The van der Waals surface area contributed by atoms with Gasteiger partial charge in [0.1, 0.15) is 0 Å². The van der Waals surface area contributed by atoms with Crippen molar-refractivity contribution in [2.45, 2.75) is 38.6 Å². The Hall–Kier alpha value is -0.990. The normalized spacial score (nSPS) is 18.0. The van der Waals surface area contributed by atoms with Crippen molar-refractivity contribution in [3.05, 3.63) is 11.8 Å². The van der Waals surface area contributed by atoms with Crippen molar-refractivity contribution in [1.82, 2.24) is 9.80 Å². The van der Waals surface area contributed by atoms with E-state index in [9.17, 15) is 4.79 Å². The average Bonchev–Trinajstić information content (AvgIpc) is 2.71. The average molecular weight is 210 g/mol. The zero-order valence-electron chi connectivity index (χ0n) is 10.3. The molecule has 0 aromatic carbocycles. The Bertz CT molecular complexity index is 252. The van der Waals surface area contributed by atoms with Gasteiger partial charge in [0.2, 0.25) is 0 Å². The molecule has 0 bridgehead atoms. The van der Waals surface area contributed by atoms with Crippen molar-refractivity contribution in [3.8, 4) is 0 Å². The molecule has 3 heteroatoms. The number of carbonyl (C=O) groups excluding carboxylic acids is 1. The van der Waals surface area contributed by atoms with E-state index < -0.39 is 0 Å². The van der Waals surface area contributed by atoms with E-state index in [1.165, 1.54) is 25.7 Å². The fourth-order valence-corrected chi connectivity index (χ4v) is 2.20. The van der Waals surface area contributed by atoms with Gasteiger partial charge in [0.15, 0.2) is 0 Å². The first-order chi connectivity index (χ1) is 7.07. The molecule has 0 aromatic rings. The van der Waals surface area contributed by atoms with E-state index in [4.69, 9.17) is 0 Å². The Kier molecular flexibility index (Phi) is 4.18. The Labute approximate surface area is 92.7 Å². The van der Waals surface area contributed by atoms with Gasteiger partial charge in [0, 0.05) is 27.2 Å². The number of nitrogens with zero attached hydrogens (tertiary/aromatic N) is 2. The SMILES string of the molecule is CC=C(C(=O)N(C)C)N(C)C1CCCC1. The van der Waals surface area contributed by atoms with Crippen LogP contribution in [0, 0.1) is 0 Å². The van der Waals surface area contributed by atoms with Crippen molar-refractivity contribution < 1.29 is 4.79 Å². The van der Waals surface area contributed by atoms with Crippen LogP contribution in [-0.2, 0) is 4.79 Å². The molecule has 0 atom stereocenters. The highest BCUT2D eigenvalue weighted by Crippen LogP contribution is 2.25. The van der Waals surface area contributed by atoms with Crippen LogP contribution in [0.15, 0.2) is 11.8 Å². The molecule has 0 N–H and O–H groups in total. The molecule has 1 aliphatic rings. The zero-order valence-corrected chi connectivity index (χ0v) is 10.3. The molecule has 1 rings (SSSR count). The summed E-state index contributed by atoms with van der Waals surface area (Å²) in [6, 6.07) is 0.556. The second kappa shape index (κ2) is 5.19. The van der Waals surface area contributed by atoms with Crippen LogP contribution in [0.3, 0.4) is 0 Å². The van der Waals surface area contributed by atoms with Crippen LogP contribution in [-0.4, -0.2) is 42.9 Å². The van der Waals surface area contributed by atoms with Gasteiger partial charge in [-0.1, -0.05) is 18.9 Å². The Balaban J connectivity index is 2.70. The van der Waals surface area contributed by atoms with Gasteiger partial charge in [-0.25, -0.2) is 0 Å². The third kappa shape index (κ3) is 2.74. The van der Waals surface area contributed by atoms with Gasteiger partial charge >= 0.3 is 0 Å². The molecule has 3 nitrogen and oxygen atoms in total. The second-order valence-electron chi connectivity index (χ2n) is 4.42. The van der Waals surface area contributed by atoms with Gasteiger partial charge in [-0.05, 0) is 19.8 Å². The fraction of sp³-hybridized carbons (Fsp3) is 0.750. The number of likely N-dealkylation sites (N-methyl/N-ethyl adjacent to an activating group) is 2. The van der Waals surface area contributed by atoms with Crippen LogP contribution in [0.25, 0.3) is 0 Å². The van der Waals surface area contributed by atoms with Crippen molar-refractivity contribution in [2.75, 3.05) is 21.1 Å². The van der Waals surface area contributed by atoms with Gasteiger partial charge < -0.3 is 9.80 Å². The quantitative estimate of drug-likeness (QED) is 0.664. The number of hydrogen-bond acceptors (Lipinski definition) is 2. The molecule has 0 heterocycles. The molecule has 0 saturated heterocycles. The number of rotatable bonds is 3. The molecular formula is C12H22N2O. The van der Waals surface area contributed by atoms with Gasteiger partial charge in [0.25, 0.3) is 5.91 Å². The maximum Gasteiger partial charge on any atom is 0.269 e. The lowest BCUT2D eigenvalue weighted by Gasteiger charge is -2.29. The molecule has 0 radical (unpaired) electrons. The van der Waals surface area contributed by atoms with Gasteiger partial charge in [0.05, 0.1) is 5.70 Å². The van der Waals surface area contributed by atoms with Crippen molar-refractivity contribution in [3.63, 3.8) is 0 Å². The highest BCUT2D eigenvalue weighted by molar-refractivity contribution is 5.92. The first-order valence-corrected chi connectivity index (χ1v) is 5.68. The van der Waals surface area contributed by atoms with E-state index in [-0.39, 0.29) is 5.91 Å². The molecule has 1 fully saturated rings. The minimum absolute atomic E-state index is 0.104. The predicted molar refractivity (Wildman–Crippen MR) is 62.5 cm³/mol. The highest BCUT2D eigenvalue weighted by atomic mass is 16.2. The van der Waals surface area contributed by atoms with Crippen LogP contribution in [0.2, 0.25) is 0 Å². The lowest BCUT2D eigenvalue weighted by molar-refractivity contribution is -0.126. The summed E-state index contributed by atoms with van der Waals surface area (Å²) >= 11 is 0. The van der Waals surface area contributed by atoms with Gasteiger partial charge in [-0.3, -0.25) is 4.79 Å². The molecule has 1 saturated carbocycles. The minimum Gasteiger partial charge on any atom is -0.367 e.